The molecule has 0 aliphatic carbocycles. The molecule has 0 amide bonds. The first kappa shape index (κ1) is 14.2. The van der Waals surface area contributed by atoms with Gasteiger partial charge in [-0.3, -0.25) is 0 Å². The summed E-state index contributed by atoms with van der Waals surface area (Å²) in [6.45, 7) is 4.20. The van der Waals surface area contributed by atoms with E-state index in [1.54, 1.807) is 7.11 Å². The maximum absolute atomic E-state index is 5.26. The van der Waals surface area contributed by atoms with Crippen molar-refractivity contribution in [1.82, 2.24) is 0 Å². The number of fused-ring (bicyclic) bond motifs is 1. The van der Waals surface area contributed by atoms with E-state index in [4.69, 9.17) is 4.74 Å². The molecule has 0 saturated heterocycles. The molecular weight excluding hydrogens is 268 g/mol. The summed E-state index contributed by atoms with van der Waals surface area (Å²) in [4.78, 5) is 0. The number of aryl methyl sites for hydroxylation is 2. The number of hydrogen-bond donors (Lipinski definition) is 0. The number of methoxy groups -OCH3 is 1. The Balaban J connectivity index is 2.00. The summed E-state index contributed by atoms with van der Waals surface area (Å²) in [6, 6.07) is 18.6. The Bertz CT molecular complexity index is 874. The highest BCUT2D eigenvalue weighted by molar-refractivity contribution is 5.85. The van der Waals surface area contributed by atoms with Gasteiger partial charge in [0.25, 0.3) is 0 Å². The first-order valence-corrected chi connectivity index (χ1v) is 7.33. The molecule has 0 unspecified atom stereocenters. The number of hydrogen-bond acceptors (Lipinski definition) is 1. The summed E-state index contributed by atoms with van der Waals surface area (Å²) >= 11 is 0. The molecule has 1 nitrogen and oxygen atoms in total. The Kier molecular flexibility index (Phi) is 3.85. The van der Waals surface area contributed by atoms with Gasteiger partial charge in [0, 0.05) is 11.1 Å². The second-order valence-electron chi connectivity index (χ2n) is 5.44. The second kappa shape index (κ2) is 5.95. The molecule has 1 heteroatoms. The fourth-order valence-corrected chi connectivity index (χ4v) is 2.57. The predicted molar refractivity (Wildman–Crippen MR) is 92.4 cm³/mol. The Labute approximate surface area is 131 Å². The van der Waals surface area contributed by atoms with E-state index in [-0.39, 0.29) is 0 Å². The van der Waals surface area contributed by atoms with Gasteiger partial charge in [-0.2, -0.15) is 0 Å². The molecule has 0 aliphatic heterocycles. The van der Waals surface area contributed by atoms with Crippen LogP contribution in [-0.2, 0) is 0 Å². The van der Waals surface area contributed by atoms with E-state index in [0.717, 1.165) is 22.3 Å². The quantitative estimate of drug-likeness (QED) is 0.580. The molecule has 22 heavy (non-hydrogen) atoms. The van der Waals surface area contributed by atoms with Crippen molar-refractivity contribution >= 4 is 10.8 Å². The normalized spacial score (nSPS) is 10.1. The Morgan fingerprint density at radius 1 is 0.773 bits per heavy atom. The van der Waals surface area contributed by atoms with Gasteiger partial charge in [0.15, 0.2) is 0 Å². The zero-order valence-corrected chi connectivity index (χ0v) is 13.1. The summed E-state index contributed by atoms with van der Waals surface area (Å²) in [5.41, 5.74) is 4.59. The topological polar surface area (TPSA) is 9.23 Å². The van der Waals surface area contributed by atoms with Crippen LogP contribution in [0.4, 0.5) is 0 Å². The molecule has 3 aromatic carbocycles. The van der Waals surface area contributed by atoms with Crippen LogP contribution in [0.3, 0.4) is 0 Å². The van der Waals surface area contributed by atoms with Gasteiger partial charge >= 0.3 is 0 Å². The maximum Gasteiger partial charge on any atom is 0.119 e. The highest BCUT2D eigenvalue weighted by Crippen LogP contribution is 2.21. The van der Waals surface area contributed by atoms with Crippen LogP contribution in [0.15, 0.2) is 54.6 Å². The van der Waals surface area contributed by atoms with Crippen LogP contribution in [0.1, 0.15) is 22.3 Å². The van der Waals surface area contributed by atoms with Gasteiger partial charge in [-0.1, -0.05) is 42.2 Å². The summed E-state index contributed by atoms with van der Waals surface area (Å²) in [5, 5.41) is 2.34. The molecule has 3 aromatic rings. The van der Waals surface area contributed by atoms with Crippen molar-refractivity contribution in [3.8, 4) is 17.6 Å². The van der Waals surface area contributed by atoms with E-state index >= 15 is 0 Å². The van der Waals surface area contributed by atoms with Crippen LogP contribution >= 0.6 is 0 Å². The highest BCUT2D eigenvalue weighted by atomic mass is 16.5. The molecule has 0 aliphatic rings. The molecule has 0 heterocycles. The van der Waals surface area contributed by atoms with Crippen molar-refractivity contribution in [2.75, 3.05) is 7.11 Å². The average Bonchev–Trinajstić information content (AvgIpc) is 2.53. The number of rotatable bonds is 1. The van der Waals surface area contributed by atoms with Crippen LogP contribution in [-0.4, -0.2) is 7.11 Å². The molecule has 0 radical (unpaired) electrons. The second-order valence-corrected chi connectivity index (χ2v) is 5.44. The van der Waals surface area contributed by atoms with Crippen molar-refractivity contribution in [1.29, 1.82) is 0 Å². The summed E-state index contributed by atoms with van der Waals surface area (Å²) < 4.78 is 5.26. The molecule has 0 spiro atoms. The molecule has 0 aromatic heterocycles. The lowest BCUT2D eigenvalue weighted by atomic mass is 10.0. The van der Waals surface area contributed by atoms with Gasteiger partial charge in [0.05, 0.1) is 7.11 Å². The lowest BCUT2D eigenvalue weighted by Crippen LogP contribution is -1.87. The first-order chi connectivity index (χ1) is 10.7. The average molecular weight is 286 g/mol. The zero-order valence-electron chi connectivity index (χ0n) is 13.1. The summed E-state index contributed by atoms with van der Waals surface area (Å²) in [7, 11) is 1.69. The Hall–Kier alpha value is -2.72. The van der Waals surface area contributed by atoms with E-state index in [1.807, 2.05) is 12.1 Å². The van der Waals surface area contributed by atoms with E-state index in [1.165, 1.54) is 16.5 Å². The van der Waals surface area contributed by atoms with Crippen molar-refractivity contribution in [3.05, 3.63) is 76.9 Å². The number of ether oxygens (including phenoxy) is 1. The van der Waals surface area contributed by atoms with Gasteiger partial charge in [0.2, 0.25) is 0 Å². The van der Waals surface area contributed by atoms with Crippen LogP contribution in [0.25, 0.3) is 10.8 Å². The Morgan fingerprint density at radius 3 is 2.18 bits per heavy atom. The molecule has 0 atom stereocenters. The monoisotopic (exact) mass is 286 g/mol. The molecule has 0 saturated carbocycles. The third kappa shape index (κ3) is 2.82. The maximum atomic E-state index is 5.26. The molecule has 0 bridgehead atoms. The lowest BCUT2D eigenvalue weighted by Gasteiger charge is -2.03. The van der Waals surface area contributed by atoms with Gasteiger partial charge in [0.1, 0.15) is 5.75 Å². The van der Waals surface area contributed by atoms with Crippen molar-refractivity contribution in [2.24, 2.45) is 0 Å². The third-order valence-electron chi connectivity index (χ3n) is 3.86. The van der Waals surface area contributed by atoms with E-state index in [9.17, 15) is 0 Å². The van der Waals surface area contributed by atoms with Crippen LogP contribution in [0.5, 0.6) is 5.75 Å². The summed E-state index contributed by atoms with van der Waals surface area (Å²) in [5.74, 6) is 7.47. The zero-order chi connectivity index (χ0) is 15.5. The van der Waals surface area contributed by atoms with Crippen LogP contribution in [0.2, 0.25) is 0 Å². The fraction of sp³-hybridized carbons (Fsp3) is 0.143. The SMILES string of the molecule is COc1ccc2cc(C#Cc3c(C)cccc3C)ccc2c1. The minimum absolute atomic E-state index is 0.877. The minimum Gasteiger partial charge on any atom is -0.497 e. The van der Waals surface area contributed by atoms with Gasteiger partial charge in [-0.05, 0) is 60.0 Å². The van der Waals surface area contributed by atoms with Crippen LogP contribution < -0.4 is 4.74 Å². The fourth-order valence-electron chi connectivity index (χ4n) is 2.57. The molecule has 3 rings (SSSR count). The van der Waals surface area contributed by atoms with E-state index in [0.29, 0.717) is 0 Å². The Morgan fingerprint density at radius 2 is 1.45 bits per heavy atom. The molecular formula is C21H18O. The van der Waals surface area contributed by atoms with Crippen molar-refractivity contribution in [3.63, 3.8) is 0 Å². The first-order valence-electron chi connectivity index (χ1n) is 7.33. The van der Waals surface area contributed by atoms with E-state index < -0.39 is 0 Å². The van der Waals surface area contributed by atoms with Gasteiger partial charge in [-0.25, -0.2) is 0 Å². The van der Waals surface area contributed by atoms with Gasteiger partial charge < -0.3 is 4.74 Å². The third-order valence-corrected chi connectivity index (χ3v) is 3.86. The molecule has 0 fully saturated rings. The van der Waals surface area contributed by atoms with Crippen molar-refractivity contribution < 1.29 is 4.74 Å². The lowest BCUT2D eigenvalue weighted by molar-refractivity contribution is 0.415. The highest BCUT2D eigenvalue weighted by Gasteiger charge is 1.99. The number of benzene rings is 3. The van der Waals surface area contributed by atoms with Crippen LogP contribution in [0, 0.1) is 25.7 Å². The standard InChI is InChI=1S/C21H18O/c1-15-5-4-6-16(2)21(15)12-8-17-7-9-19-14-20(22-3)11-10-18(19)13-17/h4-7,9-11,13-14H,1-3H3. The minimum atomic E-state index is 0.877. The van der Waals surface area contributed by atoms with E-state index in [2.05, 4.69) is 68.2 Å². The predicted octanol–water partition coefficient (Wildman–Crippen LogP) is 4.87. The molecule has 108 valence electrons. The smallest absolute Gasteiger partial charge is 0.119 e. The molecule has 0 N–H and O–H groups in total. The summed E-state index contributed by atoms with van der Waals surface area (Å²) in [6.07, 6.45) is 0. The van der Waals surface area contributed by atoms with Crippen molar-refractivity contribution in [2.45, 2.75) is 13.8 Å². The van der Waals surface area contributed by atoms with Gasteiger partial charge in [-0.15, -0.1) is 0 Å². The largest absolute Gasteiger partial charge is 0.497 e.